The molecule has 4 nitrogen and oxygen atoms in total. The number of rotatable bonds is 5. The molecule has 4 heteroatoms. The average molecular weight is 180 g/mol. The Morgan fingerprint density at radius 3 is 2.85 bits per heavy atom. The van der Waals surface area contributed by atoms with Crippen molar-refractivity contribution in [2.45, 2.75) is 33.1 Å². The molecular formula is C9H16N4. The monoisotopic (exact) mass is 180 g/mol. The lowest BCUT2D eigenvalue weighted by Gasteiger charge is -2.03. The summed E-state index contributed by atoms with van der Waals surface area (Å²) in [5.41, 5.74) is 0. The first-order valence-corrected chi connectivity index (χ1v) is 4.72. The van der Waals surface area contributed by atoms with E-state index in [4.69, 9.17) is 0 Å². The zero-order chi connectivity index (χ0) is 9.52. The normalized spacial score (nSPS) is 10.0. The van der Waals surface area contributed by atoms with E-state index in [1.807, 2.05) is 6.92 Å². The van der Waals surface area contributed by atoms with Crippen molar-refractivity contribution in [2.24, 2.45) is 0 Å². The van der Waals surface area contributed by atoms with Crippen LogP contribution in [0.1, 0.15) is 32.0 Å². The van der Waals surface area contributed by atoms with Gasteiger partial charge in [0, 0.05) is 6.54 Å². The van der Waals surface area contributed by atoms with Crippen molar-refractivity contribution in [3.05, 3.63) is 12.2 Å². The van der Waals surface area contributed by atoms with Gasteiger partial charge in [-0.05, 0) is 13.3 Å². The van der Waals surface area contributed by atoms with Crippen LogP contribution in [0.3, 0.4) is 0 Å². The molecule has 1 N–H and O–H groups in total. The van der Waals surface area contributed by atoms with E-state index < -0.39 is 0 Å². The molecule has 0 amide bonds. The molecule has 1 rings (SSSR count). The highest BCUT2D eigenvalue weighted by Crippen LogP contribution is 1.98. The van der Waals surface area contributed by atoms with E-state index in [9.17, 15) is 0 Å². The molecular weight excluding hydrogens is 164 g/mol. The van der Waals surface area contributed by atoms with Crippen LogP contribution in [0.25, 0.3) is 0 Å². The molecule has 0 aromatic carbocycles. The van der Waals surface area contributed by atoms with Gasteiger partial charge in [-0.25, -0.2) is 9.97 Å². The van der Waals surface area contributed by atoms with E-state index in [1.165, 1.54) is 25.6 Å². The highest BCUT2D eigenvalue weighted by Gasteiger charge is 1.94. The minimum absolute atomic E-state index is 0.684. The van der Waals surface area contributed by atoms with Crippen LogP contribution < -0.4 is 5.32 Å². The summed E-state index contributed by atoms with van der Waals surface area (Å²) in [6, 6.07) is 0. The van der Waals surface area contributed by atoms with E-state index in [1.54, 1.807) is 0 Å². The van der Waals surface area contributed by atoms with Gasteiger partial charge in [-0.3, -0.25) is 0 Å². The van der Waals surface area contributed by atoms with E-state index in [2.05, 4.69) is 27.2 Å². The standard InChI is InChI=1S/C9H16N4/c1-3-4-5-6-10-9-12-7-11-8(2)13-9/h7H,3-6H2,1-2H3,(H,10,11,12,13). The third kappa shape index (κ3) is 3.83. The second kappa shape index (κ2) is 5.45. The third-order valence-corrected chi connectivity index (χ3v) is 1.76. The smallest absolute Gasteiger partial charge is 0.225 e. The van der Waals surface area contributed by atoms with E-state index in [-0.39, 0.29) is 0 Å². The highest BCUT2D eigenvalue weighted by molar-refractivity contribution is 5.21. The molecule has 0 atom stereocenters. The number of anilines is 1. The summed E-state index contributed by atoms with van der Waals surface area (Å²) in [5, 5.41) is 3.16. The number of hydrogen-bond acceptors (Lipinski definition) is 4. The number of nitrogens with zero attached hydrogens (tertiary/aromatic N) is 3. The summed E-state index contributed by atoms with van der Waals surface area (Å²) in [6.07, 6.45) is 5.18. The minimum atomic E-state index is 0.684. The maximum Gasteiger partial charge on any atom is 0.225 e. The summed E-state index contributed by atoms with van der Waals surface area (Å²) in [5.74, 6) is 1.44. The van der Waals surface area contributed by atoms with Crippen molar-refractivity contribution in [1.82, 2.24) is 15.0 Å². The Kier molecular flexibility index (Phi) is 4.15. The van der Waals surface area contributed by atoms with Gasteiger partial charge in [0.2, 0.25) is 5.95 Å². The van der Waals surface area contributed by atoms with Crippen LogP contribution in [0.15, 0.2) is 6.33 Å². The fourth-order valence-electron chi connectivity index (χ4n) is 1.04. The first kappa shape index (κ1) is 9.89. The van der Waals surface area contributed by atoms with Crippen molar-refractivity contribution in [1.29, 1.82) is 0 Å². The van der Waals surface area contributed by atoms with Crippen LogP contribution in [0, 0.1) is 6.92 Å². The van der Waals surface area contributed by atoms with E-state index in [0.717, 1.165) is 12.4 Å². The van der Waals surface area contributed by atoms with Gasteiger partial charge in [0.05, 0.1) is 0 Å². The molecule has 0 saturated carbocycles. The molecule has 13 heavy (non-hydrogen) atoms. The van der Waals surface area contributed by atoms with E-state index in [0.29, 0.717) is 5.95 Å². The fourth-order valence-corrected chi connectivity index (χ4v) is 1.04. The van der Waals surface area contributed by atoms with Crippen molar-refractivity contribution in [2.75, 3.05) is 11.9 Å². The van der Waals surface area contributed by atoms with Gasteiger partial charge in [-0.15, -0.1) is 0 Å². The van der Waals surface area contributed by atoms with Crippen molar-refractivity contribution < 1.29 is 0 Å². The van der Waals surface area contributed by atoms with Crippen LogP contribution in [-0.2, 0) is 0 Å². The zero-order valence-electron chi connectivity index (χ0n) is 8.25. The summed E-state index contributed by atoms with van der Waals surface area (Å²) < 4.78 is 0. The molecule has 0 unspecified atom stereocenters. The predicted molar refractivity (Wildman–Crippen MR) is 52.6 cm³/mol. The second-order valence-electron chi connectivity index (χ2n) is 2.99. The van der Waals surface area contributed by atoms with Crippen LogP contribution >= 0.6 is 0 Å². The first-order chi connectivity index (χ1) is 6.33. The fraction of sp³-hybridized carbons (Fsp3) is 0.667. The van der Waals surface area contributed by atoms with Gasteiger partial charge in [0.1, 0.15) is 12.2 Å². The Morgan fingerprint density at radius 2 is 2.15 bits per heavy atom. The molecule has 0 radical (unpaired) electrons. The van der Waals surface area contributed by atoms with Crippen LogP contribution in [0.2, 0.25) is 0 Å². The predicted octanol–water partition coefficient (Wildman–Crippen LogP) is 1.78. The third-order valence-electron chi connectivity index (χ3n) is 1.76. The van der Waals surface area contributed by atoms with Gasteiger partial charge in [-0.1, -0.05) is 19.8 Å². The van der Waals surface area contributed by atoms with Crippen LogP contribution in [0.4, 0.5) is 5.95 Å². The SMILES string of the molecule is CCCCCNc1ncnc(C)n1. The largest absolute Gasteiger partial charge is 0.354 e. The average Bonchev–Trinajstić information content (AvgIpc) is 2.13. The molecule has 0 fully saturated rings. The van der Waals surface area contributed by atoms with Crippen LogP contribution in [0.5, 0.6) is 0 Å². The molecule has 0 bridgehead atoms. The topological polar surface area (TPSA) is 50.7 Å². The molecule has 1 heterocycles. The van der Waals surface area contributed by atoms with Gasteiger partial charge in [0.25, 0.3) is 0 Å². The van der Waals surface area contributed by atoms with Gasteiger partial charge >= 0.3 is 0 Å². The molecule has 0 aliphatic heterocycles. The summed E-state index contributed by atoms with van der Waals surface area (Å²) >= 11 is 0. The Labute approximate surface area is 78.8 Å². The van der Waals surface area contributed by atoms with Gasteiger partial charge in [0.15, 0.2) is 0 Å². The molecule has 0 saturated heterocycles. The van der Waals surface area contributed by atoms with Crippen molar-refractivity contribution >= 4 is 5.95 Å². The number of aromatic nitrogens is 3. The van der Waals surface area contributed by atoms with Crippen LogP contribution in [-0.4, -0.2) is 21.5 Å². The molecule has 72 valence electrons. The molecule has 1 aromatic heterocycles. The maximum atomic E-state index is 4.14. The lowest BCUT2D eigenvalue weighted by molar-refractivity contribution is 0.739. The number of unbranched alkanes of at least 4 members (excludes halogenated alkanes) is 2. The van der Waals surface area contributed by atoms with Crippen molar-refractivity contribution in [3.8, 4) is 0 Å². The Hall–Kier alpha value is -1.19. The molecule has 1 aromatic rings. The Bertz CT molecular complexity index is 249. The molecule has 0 spiro atoms. The summed E-state index contributed by atoms with van der Waals surface area (Å²) in [6.45, 7) is 4.99. The Morgan fingerprint density at radius 1 is 1.31 bits per heavy atom. The van der Waals surface area contributed by atoms with Gasteiger partial charge in [-0.2, -0.15) is 4.98 Å². The summed E-state index contributed by atoms with van der Waals surface area (Å²) in [7, 11) is 0. The van der Waals surface area contributed by atoms with E-state index >= 15 is 0 Å². The lowest BCUT2D eigenvalue weighted by Crippen LogP contribution is -2.06. The quantitative estimate of drug-likeness (QED) is 0.702. The first-order valence-electron chi connectivity index (χ1n) is 4.72. The zero-order valence-corrected chi connectivity index (χ0v) is 8.25. The number of aryl methyl sites for hydroxylation is 1. The number of nitrogens with one attached hydrogen (secondary N) is 1. The minimum Gasteiger partial charge on any atom is -0.354 e. The number of hydrogen-bond donors (Lipinski definition) is 1. The van der Waals surface area contributed by atoms with Crippen molar-refractivity contribution in [3.63, 3.8) is 0 Å². The second-order valence-corrected chi connectivity index (χ2v) is 2.99. The Balaban J connectivity index is 2.28. The molecule has 0 aliphatic rings. The lowest BCUT2D eigenvalue weighted by atomic mass is 10.2. The maximum absolute atomic E-state index is 4.14. The molecule has 0 aliphatic carbocycles. The van der Waals surface area contributed by atoms with Gasteiger partial charge < -0.3 is 5.32 Å². The summed E-state index contributed by atoms with van der Waals surface area (Å²) in [4.78, 5) is 12.1. The highest BCUT2D eigenvalue weighted by atomic mass is 15.1.